The van der Waals surface area contributed by atoms with Gasteiger partial charge in [-0.3, -0.25) is 14.6 Å². The molecule has 2 N–H and O–H groups in total. The molecule has 0 saturated heterocycles. The minimum absolute atomic E-state index is 0.143. The van der Waals surface area contributed by atoms with Crippen LogP contribution in [-0.4, -0.2) is 39.0 Å². The molecule has 0 aliphatic carbocycles. The highest BCUT2D eigenvalue weighted by Crippen LogP contribution is 2.20. The number of benzene rings is 1. The average Bonchev–Trinajstić information content (AvgIpc) is 3.09. The second-order valence-corrected chi connectivity index (χ2v) is 5.80. The maximum Gasteiger partial charge on any atom is 0.285 e. The zero-order chi connectivity index (χ0) is 18.7. The number of nitrogens with zero attached hydrogens (tertiary/aromatic N) is 3. The summed E-state index contributed by atoms with van der Waals surface area (Å²) in [6.07, 6.45) is 1.95. The molecule has 8 nitrogen and oxygen atoms in total. The lowest BCUT2D eigenvalue weighted by atomic mass is 10.1. The Kier molecular flexibility index (Phi) is 4.83. The molecule has 2 heterocycles. The van der Waals surface area contributed by atoms with E-state index >= 15 is 0 Å². The standard InChI is InChI=1S/C18H18N4O4/c1-11(13-3-5-15(24)6-4-13)20-16(25)18-22(12(2)23)21-17(26-18)14-7-9-19-10-8-14/h3-11,18,24H,1-2H3,(H,20,25). The number of phenolic OH excluding ortho intramolecular Hbond substituents is 1. The smallest absolute Gasteiger partial charge is 0.285 e. The molecule has 0 fully saturated rings. The van der Waals surface area contributed by atoms with Gasteiger partial charge in [0.1, 0.15) is 5.75 Å². The molecule has 134 valence electrons. The molecule has 1 aromatic carbocycles. The summed E-state index contributed by atoms with van der Waals surface area (Å²) in [6.45, 7) is 3.11. The summed E-state index contributed by atoms with van der Waals surface area (Å²) in [4.78, 5) is 28.4. The van der Waals surface area contributed by atoms with Gasteiger partial charge in [-0.2, -0.15) is 5.01 Å². The lowest BCUT2D eigenvalue weighted by molar-refractivity contribution is -0.147. The van der Waals surface area contributed by atoms with Gasteiger partial charge in [0.15, 0.2) is 0 Å². The van der Waals surface area contributed by atoms with Crippen molar-refractivity contribution in [2.45, 2.75) is 26.1 Å². The van der Waals surface area contributed by atoms with E-state index in [1.54, 1.807) is 43.6 Å². The molecule has 26 heavy (non-hydrogen) atoms. The molecule has 1 aromatic heterocycles. The molecule has 0 saturated carbocycles. The number of carbonyl (C=O) groups is 2. The van der Waals surface area contributed by atoms with Crippen LogP contribution in [0.15, 0.2) is 53.9 Å². The summed E-state index contributed by atoms with van der Waals surface area (Å²) >= 11 is 0. The third kappa shape index (κ3) is 3.64. The highest BCUT2D eigenvalue weighted by Gasteiger charge is 2.37. The van der Waals surface area contributed by atoms with Crippen molar-refractivity contribution in [3.63, 3.8) is 0 Å². The van der Waals surface area contributed by atoms with Gasteiger partial charge >= 0.3 is 0 Å². The zero-order valence-electron chi connectivity index (χ0n) is 14.3. The zero-order valence-corrected chi connectivity index (χ0v) is 14.3. The lowest BCUT2D eigenvalue weighted by Gasteiger charge is -2.21. The van der Waals surface area contributed by atoms with Crippen LogP contribution in [-0.2, 0) is 14.3 Å². The molecule has 0 radical (unpaired) electrons. The quantitative estimate of drug-likeness (QED) is 0.866. The molecule has 3 rings (SSSR count). The molecule has 0 bridgehead atoms. The van der Waals surface area contributed by atoms with Crippen LogP contribution in [0.1, 0.15) is 31.0 Å². The number of hydrazone groups is 1. The fraction of sp³-hybridized carbons (Fsp3) is 0.222. The van der Waals surface area contributed by atoms with E-state index < -0.39 is 18.0 Å². The second kappa shape index (κ2) is 7.22. The van der Waals surface area contributed by atoms with E-state index in [0.717, 1.165) is 10.6 Å². The Morgan fingerprint density at radius 1 is 1.19 bits per heavy atom. The first-order chi connectivity index (χ1) is 12.5. The van der Waals surface area contributed by atoms with Crippen LogP contribution in [0.25, 0.3) is 0 Å². The van der Waals surface area contributed by atoms with Gasteiger partial charge in [-0.1, -0.05) is 12.1 Å². The third-order valence-electron chi connectivity index (χ3n) is 3.87. The van der Waals surface area contributed by atoms with Crippen molar-refractivity contribution in [2.24, 2.45) is 5.10 Å². The summed E-state index contributed by atoms with van der Waals surface area (Å²) in [5, 5.41) is 17.3. The predicted octanol–water partition coefficient (Wildman–Crippen LogP) is 1.53. The van der Waals surface area contributed by atoms with Crippen molar-refractivity contribution in [1.82, 2.24) is 15.3 Å². The lowest BCUT2D eigenvalue weighted by Crippen LogP contribution is -2.46. The van der Waals surface area contributed by atoms with E-state index in [2.05, 4.69) is 15.4 Å². The van der Waals surface area contributed by atoms with E-state index in [1.165, 1.54) is 19.1 Å². The van der Waals surface area contributed by atoms with E-state index in [9.17, 15) is 14.7 Å². The molecule has 2 amide bonds. The Morgan fingerprint density at radius 2 is 1.85 bits per heavy atom. The van der Waals surface area contributed by atoms with Gasteiger partial charge in [0, 0.05) is 24.9 Å². The molecule has 8 heteroatoms. The van der Waals surface area contributed by atoms with Crippen LogP contribution >= 0.6 is 0 Å². The fourth-order valence-corrected chi connectivity index (χ4v) is 2.48. The molecule has 2 unspecified atom stereocenters. The van der Waals surface area contributed by atoms with Crippen LogP contribution in [0.4, 0.5) is 0 Å². The van der Waals surface area contributed by atoms with Crippen LogP contribution in [0.3, 0.4) is 0 Å². The monoisotopic (exact) mass is 354 g/mol. The molecule has 2 atom stereocenters. The highest BCUT2D eigenvalue weighted by molar-refractivity contribution is 5.99. The molecule has 2 aromatic rings. The van der Waals surface area contributed by atoms with Gasteiger partial charge < -0.3 is 15.2 Å². The fourth-order valence-electron chi connectivity index (χ4n) is 2.48. The van der Waals surface area contributed by atoms with Gasteiger partial charge in [-0.05, 0) is 36.8 Å². The number of hydrogen-bond donors (Lipinski definition) is 2. The topological polar surface area (TPSA) is 104 Å². The van der Waals surface area contributed by atoms with E-state index in [1.807, 2.05) is 0 Å². The van der Waals surface area contributed by atoms with Crippen LogP contribution in [0.2, 0.25) is 0 Å². The van der Waals surface area contributed by atoms with E-state index in [0.29, 0.717) is 5.56 Å². The number of phenols is 1. The maximum absolute atomic E-state index is 12.6. The van der Waals surface area contributed by atoms with Gasteiger partial charge in [0.05, 0.1) is 6.04 Å². The largest absolute Gasteiger partial charge is 0.508 e. The molecular formula is C18H18N4O4. The van der Waals surface area contributed by atoms with Gasteiger partial charge in [-0.15, -0.1) is 5.10 Å². The van der Waals surface area contributed by atoms with Crippen LogP contribution < -0.4 is 5.32 Å². The van der Waals surface area contributed by atoms with E-state index in [4.69, 9.17) is 4.74 Å². The Hall–Kier alpha value is -3.42. The van der Waals surface area contributed by atoms with Crippen molar-refractivity contribution in [3.05, 3.63) is 59.9 Å². The van der Waals surface area contributed by atoms with Crippen molar-refractivity contribution in [3.8, 4) is 5.75 Å². The Balaban J connectivity index is 1.74. The molecule has 1 aliphatic heterocycles. The predicted molar refractivity (Wildman–Crippen MR) is 92.8 cm³/mol. The minimum Gasteiger partial charge on any atom is -0.508 e. The van der Waals surface area contributed by atoms with Crippen molar-refractivity contribution in [1.29, 1.82) is 0 Å². The van der Waals surface area contributed by atoms with Gasteiger partial charge in [-0.25, -0.2) is 0 Å². The Labute approximate surface area is 150 Å². The van der Waals surface area contributed by atoms with Crippen molar-refractivity contribution >= 4 is 17.7 Å². The second-order valence-electron chi connectivity index (χ2n) is 5.80. The Bertz CT molecular complexity index is 836. The summed E-state index contributed by atoms with van der Waals surface area (Å²) in [5.74, 6) is -0.579. The SMILES string of the molecule is CC(=O)N1N=C(c2ccncc2)OC1C(=O)NC(C)c1ccc(O)cc1. The average molecular weight is 354 g/mol. The number of aromatic nitrogens is 1. The molecule has 1 aliphatic rings. The Morgan fingerprint density at radius 3 is 2.46 bits per heavy atom. The number of nitrogens with one attached hydrogen (secondary N) is 1. The summed E-state index contributed by atoms with van der Waals surface area (Å²) in [7, 11) is 0. The number of carbonyl (C=O) groups excluding carboxylic acids is 2. The van der Waals surface area contributed by atoms with Crippen LogP contribution in [0.5, 0.6) is 5.75 Å². The first kappa shape index (κ1) is 17.4. The molecule has 0 spiro atoms. The third-order valence-corrected chi connectivity index (χ3v) is 3.87. The summed E-state index contributed by atoms with van der Waals surface area (Å²) in [5.41, 5.74) is 1.42. The number of pyridine rings is 1. The molecular weight excluding hydrogens is 336 g/mol. The summed E-state index contributed by atoms with van der Waals surface area (Å²) in [6, 6.07) is 9.50. The number of amides is 2. The first-order valence-electron chi connectivity index (χ1n) is 8.00. The highest BCUT2D eigenvalue weighted by atomic mass is 16.5. The first-order valence-corrected chi connectivity index (χ1v) is 8.00. The minimum atomic E-state index is -1.18. The van der Waals surface area contributed by atoms with Crippen molar-refractivity contribution in [2.75, 3.05) is 0 Å². The number of rotatable bonds is 4. The number of aromatic hydroxyl groups is 1. The van der Waals surface area contributed by atoms with Crippen molar-refractivity contribution < 1.29 is 19.4 Å². The van der Waals surface area contributed by atoms with Gasteiger partial charge in [0.25, 0.3) is 12.1 Å². The van der Waals surface area contributed by atoms with Crippen LogP contribution in [0, 0.1) is 0 Å². The normalized spacial score (nSPS) is 17.2. The maximum atomic E-state index is 12.6. The summed E-state index contributed by atoms with van der Waals surface area (Å²) < 4.78 is 5.61. The van der Waals surface area contributed by atoms with E-state index in [-0.39, 0.29) is 17.7 Å². The number of ether oxygens (including phenoxy) is 1. The number of hydrogen-bond acceptors (Lipinski definition) is 6. The van der Waals surface area contributed by atoms with Gasteiger partial charge in [0.2, 0.25) is 11.8 Å².